The summed E-state index contributed by atoms with van der Waals surface area (Å²) in [5.74, 6) is 0. The number of fused-ring (bicyclic) bond motifs is 1. The van der Waals surface area contributed by atoms with Crippen LogP contribution in [0.15, 0.2) is 24.3 Å². The van der Waals surface area contributed by atoms with E-state index in [1.54, 1.807) is 0 Å². The van der Waals surface area contributed by atoms with Crippen molar-refractivity contribution in [3.8, 4) is 0 Å². The van der Waals surface area contributed by atoms with Crippen LogP contribution in [0, 0.1) is 0 Å². The molecule has 0 aromatic heterocycles. The highest BCUT2D eigenvalue weighted by atomic mass is 15.3. The summed E-state index contributed by atoms with van der Waals surface area (Å²) in [5, 5.41) is 0. The monoisotopic (exact) mass is 245 g/mol. The minimum Gasteiger partial charge on any atom is -0.324 e. The molecule has 1 aliphatic heterocycles. The van der Waals surface area contributed by atoms with E-state index in [9.17, 15) is 0 Å². The lowest BCUT2D eigenvalue weighted by Crippen LogP contribution is -2.51. The average Bonchev–Trinajstić information content (AvgIpc) is 2.39. The molecule has 0 radical (unpaired) electrons. The molecule has 3 rings (SSSR count). The summed E-state index contributed by atoms with van der Waals surface area (Å²) < 4.78 is 0. The second-order valence-corrected chi connectivity index (χ2v) is 5.74. The molecule has 0 amide bonds. The third-order valence-electron chi connectivity index (χ3n) is 4.49. The first-order chi connectivity index (χ1) is 8.74. The first kappa shape index (κ1) is 12.2. The Bertz CT molecular complexity index is 410. The van der Waals surface area contributed by atoms with Crippen LogP contribution in [0.2, 0.25) is 0 Å². The van der Waals surface area contributed by atoms with Gasteiger partial charge in [0, 0.05) is 38.3 Å². The average molecular weight is 245 g/mol. The molecule has 2 unspecified atom stereocenters. The molecule has 98 valence electrons. The normalized spacial score (nSPS) is 30.1. The molecule has 1 aromatic rings. The fourth-order valence-electron chi connectivity index (χ4n) is 3.30. The lowest BCUT2D eigenvalue weighted by Gasteiger charge is -2.41. The van der Waals surface area contributed by atoms with Crippen molar-refractivity contribution in [1.82, 2.24) is 9.80 Å². The summed E-state index contributed by atoms with van der Waals surface area (Å²) in [6, 6.07) is 9.55. The Morgan fingerprint density at radius 3 is 2.61 bits per heavy atom. The number of benzene rings is 1. The second-order valence-electron chi connectivity index (χ2n) is 5.74. The first-order valence-corrected chi connectivity index (χ1v) is 7.00. The van der Waals surface area contributed by atoms with Crippen molar-refractivity contribution in [1.29, 1.82) is 0 Å². The number of nitrogens with zero attached hydrogens (tertiary/aromatic N) is 2. The minimum absolute atomic E-state index is 0.222. The fraction of sp³-hybridized carbons (Fsp3) is 0.600. The van der Waals surface area contributed by atoms with Gasteiger partial charge in [-0.2, -0.15) is 0 Å². The summed E-state index contributed by atoms with van der Waals surface area (Å²) in [7, 11) is 2.21. The molecule has 1 saturated heterocycles. The standard InChI is InChI=1S/C15H23N3/c1-17-6-8-18(9-7-17)13-10-12-4-2-3-5-14(12)15(16)11-13/h2-5,13,15H,6-11,16H2,1H3. The molecule has 18 heavy (non-hydrogen) atoms. The number of rotatable bonds is 1. The van der Waals surface area contributed by atoms with E-state index in [0.29, 0.717) is 6.04 Å². The van der Waals surface area contributed by atoms with Gasteiger partial charge in [0.05, 0.1) is 0 Å². The van der Waals surface area contributed by atoms with Gasteiger partial charge in [0.25, 0.3) is 0 Å². The van der Waals surface area contributed by atoms with E-state index in [1.807, 2.05) is 0 Å². The van der Waals surface area contributed by atoms with Crippen molar-refractivity contribution >= 4 is 0 Å². The molecule has 0 saturated carbocycles. The number of likely N-dealkylation sites (N-methyl/N-ethyl adjacent to an activating group) is 1. The zero-order valence-corrected chi connectivity index (χ0v) is 11.2. The van der Waals surface area contributed by atoms with Crippen LogP contribution in [-0.4, -0.2) is 49.1 Å². The van der Waals surface area contributed by atoms with E-state index in [4.69, 9.17) is 5.73 Å². The maximum atomic E-state index is 6.33. The Balaban J connectivity index is 1.73. The van der Waals surface area contributed by atoms with Crippen LogP contribution in [0.5, 0.6) is 0 Å². The van der Waals surface area contributed by atoms with Gasteiger partial charge in [0.1, 0.15) is 0 Å². The van der Waals surface area contributed by atoms with E-state index in [0.717, 1.165) is 6.42 Å². The van der Waals surface area contributed by atoms with Gasteiger partial charge in [-0.05, 0) is 31.0 Å². The maximum absolute atomic E-state index is 6.33. The number of nitrogens with two attached hydrogens (primary N) is 1. The van der Waals surface area contributed by atoms with Crippen molar-refractivity contribution in [3.05, 3.63) is 35.4 Å². The van der Waals surface area contributed by atoms with Crippen molar-refractivity contribution in [2.75, 3.05) is 33.2 Å². The predicted molar refractivity (Wildman–Crippen MR) is 74.5 cm³/mol. The molecule has 1 fully saturated rings. The summed E-state index contributed by atoms with van der Waals surface area (Å²) in [5.41, 5.74) is 9.16. The second kappa shape index (κ2) is 5.00. The van der Waals surface area contributed by atoms with E-state index >= 15 is 0 Å². The quantitative estimate of drug-likeness (QED) is 0.808. The van der Waals surface area contributed by atoms with Gasteiger partial charge >= 0.3 is 0 Å². The van der Waals surface area contributed by atoms with Crippen molar-refractivity contribution in [2.24, 2.45) is 5.73 Å². The molecule has 1 aliphatic carbocycles. The van der Waals surface area contributed by atoms with Crippen molar-refractivity contribution in [2.45, 2.75) is 24.9 Å². The fourth-order valence-corrected chi connectivity index (χ4v) is 3.30. The van der Waals surface area contributed by atoms with Crippen LogP contribution in [0.1, 0.15) is 23.6 Å². The van der Waals surface area contributed by atoms with Gasteiger partial charge in [-0.15, -0.1) is 0 Å². The van der Waals surface area contributed by atoms with Crippen LogP contribution in [0.4, 0.5) is 0 Å². The van der Waals surface area contributed by atoms with Gasteiger partial charge < -0.3 is 10.6 Å². The molecule has 0 spiro atoms. The van der Waals surface area contributed by atoms with Gasteiger partial charge in [0.15, 0.2) is 0 Å². The Morgan fingerprint density at radius 2 is 1.83 bits per heavy atom. The zero-order chi connectivity index (χ0) is 12.5. The van der Waals surface area contributed by atoms with Crippen molar-refractivity contribution < 1.29 is 0 Å². The van der Waals surface area contributed by atoms with Crippen LogP contribution in [-0.2, 0) is 6.42 Å². The summed E-state index contributed by atoms with van der Waals surface area (Å²) in [6.45, 7) is 4.76. The molecule has 2 N–H and O–H groups in total. The van der Waals surface area contributed by atoms with Gasteiger partial charge in [0.2, 0.25) is 0 Å². The lowest BCUT2D eigenvalue weighted by atomic mass is 9.84. The van der Waals surface area contributed by atoms with Crippen LogP contribution in [0.25, 0.3) is 0 Å². The van der Waals surface area contributed by atoms with Crippen LogP contribution < -0.4 is 5.73 Å². The van der Waals surface area contributed by atoms with E-state index in [2.05, 4.69) is 41.1 Å². The molecule has 0 bridgehead atoms. The molecule has 1 aromatic carbocycles. The lowest BCUT2D eigenvalue weighted by molar-refractivity contribution is 0.0991. The highest BCUT2D eigenvalue weighted by molar-refractivity contribution is 5.33. The predicted octanol–water partition coefficient (Wildman–Crippen LogP) is 1.25. The van der Waals surface area contributed by atoms with Gasteiger partial charge in [-0.25, -0.2) is 0 Å². The Hall–Kier alpha value is -0.900. The zero-order valence-electron chi connectivity index (χ0n) is 11.2. The summed E-state index contributed by atoms with van der Waals surface area (Å²) >= 11 is 0. The van der Waals surface area contributed by atoms with E-state index < -0.39 is 0 Å². The molecular formula is C15H23N3. The Morgan fingerprint density at radius 1 is 1.11 bits per heavy atom. The third-order valence-corrected chi connectivity index (χ3v) is 4.49. The molecule has 3 nitrogen and oxygen atoms in total. The Kier molecular flexibility index (Phi) is 3.37. The summed E-state index contributed by atoms with van der Waals surface area (Å²) in [4.78, 5) is 5.04. The molecule has 1 heterocycles. The molecule has 2 aliphatic rings. The highest BCUT2D eigenvalue weighted by Gasteiger charge is 2.29. The minimum atomic E-state index is 0.222. The van der Waals surface area contributed by atoms with Crippen LogP contribution >= 0.6 is 0 Å². The van der Waals surface area contributed by atoms with Gasteiger partial charge in [-0.1, -0.05) is 24.3 Å². The third kappa shape index (κ3) is 2.30. The largest absolute Gasteiger partial charge is 0.324 e. The first-order valence-electron chi connectivity index (χ1n) is 7.00. The molecular weight excluding hydrogens is 222 g/mol. The maximum Gasteiger partial charge on any atom is 0.0312 e. The molecule has 3 heteroatoms. The number of hydrogen-bond donors (Lipinski definition) is 1. The van der Waals surface area contributed by atoms with Crippen LogP contribution in [0.3, 0.4) is 0 Å². The SMILES string of the molecule is CN1CCN(C2Cc3ccccc3C(N)C2)CC1. The van der Waals surface area contributed by atoms with E-state index in [-0.39, 0.29) is 6.04 Å². The smallest absolute Gasteiger partial charge is 0.0312 e. The summed E-state index contributed by atoms with van der Waals surface area (Å²) in [6.07, 6.45) is 2.29. The number of hydrogen-bond acceptors (Lipinski definition) is 3. The van der Waals surface area contributed by atoms with Crippen molar-refractivity contribution in [3.63, 3.8) is 0 Å². The highest BCUT2D eigenvalue weighted by Crippen LogP contribution is 2.30. The van der Waals surface area contributed by atoms with Gasteiger partial charge in [-0.3, -0.25) is 4.90 Å². The van der Waals surface area contributed by atoms with E-state index in [1.165, 1.54) is 43.7 Å². The topological polar surface area (TPSA) is 32.5 Å². The Labute approximate surface area is 110 Å². The molecule has 2 atom stereocenters. The number of piperazine rings is 1.